The lowest BCUT2D eigenvalue weighted by molar-refractivity contribution is 0.203. The summed E-state index contributed by atoms with van der Waals surface area (Å²) in [6, 6.07) is 0. The number of hydrogen-bond acceptors (Lipinski definition) is 2. The summed E-state index contributed by atoms with van der Waals surface area (Å²) in [5.74, 6) is 1.09. The average Bonchev–Trinajstić information content (AvgIpc) is 3.15. The zero-order valence-electron chi connectivity index (χ0n) is 15.1. The van der Waals surface area contributed by atoms with Crippen molar-refractivity contribution >= 4 is 29.9 Å². The van der Waals surface area contributed by atoms with Gasteiger partial charge in [-0.1, -0.05) is 19.3 Å². The molecule has 3 rings (SSSR count). The minimum absolute atomic E-state index is 0. The predicted octanol–water partition coefficient (Wildman–Crippen LogP) is 3.43. The van der Waals surface area contributed by atoms with Gasteiger partial charge in [-0.15, -0.1) is 24.0 Å². The monoisotopic (exact) mass is 445 g/mol. The Kier molecular flexibility index (Phi) is 7.37. The number of halogens is 1. The molecule has 1 aromatic heterocycles. The molecule has 0 radical (unpaired) electrons. The van der Waals surface area contributed by atoms with Gasteiger partial charge in [0, 0.05) is 39.4 Å². The maximum absolute atomic E-state index is 4.51. The van der Waals surface area contributed by atoms with Crippen molar-refractivity contribution in [1.82, 2.24) is 20.0 Å². The third-order valence-electron chi connectivity index (χ3n) is 5.47. The average molecular weight is 445 g/mol. The van der Waals surface area contributed by atoms with E-state index in [1.165, 1.54) is 50.6 Å². The van der Waals surface area contributed by atoms with E-state index in [1.807, 2.05) is 17.9 Å². The molecule has 0 bridgehead atoms. The Bertz CT molecular complexity index is 533. The highest BCUT2D eigenvalue weighted by atomic mass is 127. The normalized spacial score (nSPS) is 20.2. The largest absolute Gasteiger partial charge is 0.356 e. The van der Waals surface area contributed by atoms with E-state index in [0.29, 0.717) is 5.41 Å². The molecule has 1 spiro atoms. The second-order valence-electron chi connectivity index (χ2n) is 7.34. The van der Waals surface area contributed by atoms with E-state index in [4.69, 9.17) is 0 Å². The third-order valence-corrected chi connectivity index (χ3v) is 5.47. The number of rotatable bonds is 4. The fourth-order valence-corrected chi connectivity index (χ4v) is 4.19. The Morgan fingerprint density at radius 1 is 1.29 bits per heavy atom. The summed E-state index contributed by atoms with van der Waals surface area (Å²) in [5.41, 5.74) is 1.81. The van der Waals surface area contributed by atoms with E-state index in [0.717, 1.165) is 32.0 Å². The summed E-state index contributed by atoms with van der Waals surface area (Å²) in [6.07, 6.45) is 13.5. The zero-order valence-corrected chi connectivity index (χ0v) is 17.5. The van der Waals surface area contributed by atoms with Crippen LogP contribution in [0.25, 0.3) is 0 Å². The van der Waals surface area contributed by atoms with Crippen LogP contribution in [0.3, 0.4) is 0 Å². The van der Waals surface area contributed by atoms with E-state index in [-0.39, 0.29) is 24.0 Å². The smallest absolute Gasteiger partial charge is 0.193 e. The lowest BCUT2D eigenvalue weighted by Gasteiger charge is -2.33. The van der Waals surface area contributed by atoms with E-state index >= 15 is 0 Å². The molecule has 1 aliphatic heterocycles. The van der Waals surface area contributed by atoms with E-state index in [1.54, 1.807) is 0 Å². The summed E-state index contributed by atoms with van der Waals surface area (Å²) in [7, 11) is 1.91. The van der Waals surface area contributed by atoms with Crippen LogP contribution in [0, 0.1) is 12.3 Å². The standard InChI is InChI=1S/C18H31N5.HI/c1-16-13-21-23(14-16)11-6-10-20-17(19-2)22-12-9-18(15-22)7-4-3-5-8-18;/h13-14H,3-12,15H2,1-2H3,(H,19,20);1H. The van der Waals surface area contributed by atoms with Gasteiger partial charge in [0.25, 0.3) is 0 Å². The molecule has 2 fully saturated rings. The number of aliphatic imine (C=N–C) groups is 1. The molecule has 24 heavy (non-hydrogen) atoms. The van der Waals surface area contributed by atoms with Gasteiger partial charge in [0.1, 0.15) is 0 Å². The molecule has 0 aromatic carbocycles. The topological polar surface area (TPSA) is 45.5 Å². The Balaban J connectivity index is 0.00000208. The highest BCUT2D eigenvalue weighted by Gasteiger charge is 2.39. The number of aromatic nitrogens is 2. The molecule has 2 heterocycles. The molecule has 2 aliphatic rings. The van der Waals surface area contributed by atoms with Crippen molar-refractivity contribution in [3.05, 3.63) is 18.0 Å². The van der Waals surface area contributed by atoms with Gasteiger partial charge >= 0.3 is 0 Å². The van der Waals surface area contributed by atoms with Gasteiger partial charge < -0.3 is 10.2 Å². The molecule has 5 nitrogen and oxygen atoms in total. The predicted molar refractivity (Wildman–Crippen MR) is 110 cm³/mol. The van der Waals surface area contributed by atoms with Gasteiger partial charge in [0.05, 0.1) is 6.20 Å². The van der Waals surface area contributed by atoms with Crippen LogP contribution in [0.1, 0.15) is 50.5 Å². The van der Waals surface area contributed by atoms with Crippen molar-refractivity contribution in [1.29, 1.82) is 0 Å². The van der Waals surface area contributed by atoms with Crippen molar-refractivity contribution in [3.63, 3.8) is 0 Å². The van der Waals surface area contributed by atoms with Crippen molar-refractivity contribution in [2.75, 3.05) is 26.7 Å². The molecule has 6 heteroatoms. The first-order valence-corrected chi connectivity index (χ1v) is 9.15. The van der Waals surface area contributed by atoms with Crippen LogP contribution in [0.15, 0.2) is 17.4 Å². The summed E-state index contributed by atoms with van der Waals surface area (Å²) in [5, 5.41) is 7.88. The SMILES string of the molecule is CN=C(NCCCn1cc(C)cn1)N1CCC2(CCCCC2)C1.I. The minimum Gasteiger partial charge on any atom is -0.356 e. The summed E-state index contributed by atoms with van der Waals surface area (Å²) in [4.78, 5) is 6.98. The first kappa shape index (κ1) is 19.5. The van der Waals surface area contributed by atoms with Gasteiger partial charge in [-0.3, -0.25) is 9.67 Å². The van der Waals surface area contributed by atoms with Crippen LogP contribution < -0.4 is 5.32 Å². The summed E-state index contributed by atoms with van der Waals surface area (Å²) in [6.45, 7) is 6.36. The first-order valence-electron chi connectivity index (χ1n) is 9.15. The lowest BCUT2D eigenvalue weighted by Crippen LogP contribution is -2.42. The second-order valence-corrected chi connectivity index (χ2v) is 7.34. The summed E-state index contributed by atoms with van der Waals surface area (Å²) >= 11 is 0. The second kappa shape index (κ2) is 9.06. The van der Waals surface area contributed by atoms with Crippen LogP contribution in [0.5, 0.6) is 0 Å². The number of likely N-dealkylation sites (tertiary alicyclic amines) is 1. The zero-order chi connectivity index (χ0) is 16.1. The molecule has 0 unspecified atom stereocenters. The van der Waals surface area contributed by atoms with Gasteiger partial charge in [0.2, 0.25) is 0 Å². The third kappa shape index (κ3) is 4.86. The quantitative estimate of drug-likeness (QED) is 0.334. The first-order chi connectivity index (χ1) is 11.2. The van der Waals surface area contributed by atoms with Gasteiger partial charge in [-0.2, -0.15) is 5.10 Å². The maximum atomic E-state index is 4.51. The number of hydrogen-bond donors (Lipinski definition) is 1. The Hall–Kier alpha value is -0.790. The van der Waals surface area contributed by atoms with E-state index in [2.05, 4.69) is 33.4 Å². The molecule has 1 aromatic rings. The molecule has 1 saturated heterocycles. The van der Waals surface area contributed by atoms with Crippen LogP contribution in [0.2, 0.25) is 0 Å². The number of guanidine groups is 1. The Morgan fingerprint density at radius 2 is 2.08 bits per heavy atom. The minimum atomic E-state index is 0. The molecule has 136 valence electrons. The van der Waals surface area contributed by atoms with Gasteiger partial charge in [0.15, 0.2) is 5.96 Å². The number of nitrogens with one attached hydrogen (secondary N) is 1. The maximum Gasteiger partial charge on any atom is 0.193 e. The Morgan fingerprint density at radius 3 is 2.75 bits per heavy atom. The van der Waals surface area contributed by atoms with Crippen LogP contribution >= 0.6 is 24.0 Å². The van der Waals surface area contributed by atoms with Crippen LogP contribution in [-0.4, -0.2) is 47.3 Å². The van der Waals surface area contributed by atoms with Crippen molar-refractivity contribution in [3.8, 4) is 0 Å². The number of aryl methyl sites for hydroxylation is 2. The molecule has 1 saturated carbocycles. The summed E-state index contributed by atoms with van der Waals surface area (Å²) < 4.78 is 2.02. The van der Waals surface area contributed by atoms with Crippen LogP contribution in [-0.2, 0) is 6.54 Å². The van der Waals surface area contributed by atoms with Gasteiger partial charge in [-0.25, -0.2) is 0 Å². The van der Waals surface area contributed by atoms with Crippen molar-refractivity contribution in [2.45, 2.75) is 58.4 Å². The molecule has 0 atom stereocenters. The number of nitrogens with zero attached hydrogens (tertiary/aromatic N) is 4. The fourth-order valence-electron chi connectivity index (χ4n) is 4.19. The molecular weight excluding hydrogens is 413 g/mol. The fraction of sp³-hybridized carbons (Fsp3) is 0.778. The van der Waals surface area contributed by atoms with Crippen LogP contribution in [0.4, 0.5) is 0 Å². The van der Waals surface area contributed by atoms with Crippen molar-refractivity contribution < 1.29 is 0 Å². The molecule has 1 aliphatic carbocycles. The van der Waals surface area contributed by atoms with Gasteiger partial charge in [-0.05, 0) is 43.6 Å². The molecular formula is C18H32IN5. The van der Waals surface area contributed by atoms with E-state index < -0.39 is 0 Å². The van der Waals surface area contributed by atoms with E-state index in [9.17, 15) is 0 Å². The highest BCUT2D eigenvalue weighted by molar-refractivity contribution is 14.0. The molecule has 1 N–H and O–H groups in total. The Labute approximate surface area is 163 Å². The molecule has 0 amide bonds. The lowest BCUT2D eigenvalue weighted by atomic mass is 9.73. The van der Waals surface area contributed by atoms with Crippen molar-refractivity contribution in [2.24, 2.45) is 10.4 Å². The highest BCUT2D eigenvalue weighted by Crippen LogP contribution is 2.43.